The first-order valence-electron chi connectivity index (χ1n) is 9.60. The number of piperazine rings is 1. The zero-order valence-electron chi connectivity index (χ0n) is 16.5. The van der Waals surface area contributed by atoms with E-state index >= 15 is 0 Å². The second kappa shape index (κ2) is 8.59. The molecule has 30 heavy (non-hydrogen) atoms. The Morgan fingerprint density at radius 3 is 2.27 bits per heavy atom. The molecule has 4 rings (SSSR count). The molecule has 0 amide bonds. The van der Waals surface area contributed by atoms with Gasteiger partial charge in [0.1, 0.15) is 5.82 Å². The minimum Gasteiger partial charge on any atom is -0.340 e. The number of anilines is 3. The SMILES string of the molecule is Cc1cc(Nc2ccccc2)nc(N2CCN(S(=O)(=O)c3ccc(Cl)cc3)CC2)n1. The zero-order valence-corrected chi connectivity index (χ0v) is 18.1. The summed E-state index contributed by atoms with van der Waals surface area (Å²) in [4.78, 5) is 11.4. The first-order chi connectivity index (χ1) is 14.4. The Morgan fingerprint density at radius 1 is 0.933 bits per heavy atom. The van der Waals surface area contributed by atoms with Crippen LogP contribution in [0, 0.1) is 6.92 Å². The van der Waals surface area contributed by atoms with Crippen LogP contribution >= 0.6 is 11.6 Å². The molecule has 0 atom stereocenters. The fraction of sp³-hybridized carbons (Fsp3) is 0.238. The number of nitrogens with one attached hydrogen (secondary N) is 1. The van der Waals surface area contributed by atoms with Crippen LogP contribution in [0.1, 0.15) is 5.69 Å². The summed E-state index contributed by atoms with van der Waals surface area (Å²) >= 11 is 5.88. The molecule has 1 aliphatic heterocycles. The quantitative estimate of drug-likeness (QED) is 0.647. The van der Waals surface area contributed by atoms with Crippen molar-refractivity contribution in [3.63, 3.8) is 0 Å². The predicted octanol–water partition coefficient (Wildman–Crippen LogP) is 3.69. The fourth-order valence-electron chi connectivity index (χ4n) is 3.31. The summed E-state index contributed by atoms with van der Waals surface area (Å²) in [6.45, 7) is 3.68. The molecule has 3 aromatic rings. The number of halogens is 1. The van der Waals surface area contributed by atoms with E-state index in [4.69, 9.17) is 11.6 Å². The highest BCUT2D eigenvalue weighted by molar-refractivity contribution is 7.89. The van der Waals surface area contributed by atoms with Crippen LogP contribution in [0.15, 0.2) is 65.6 Å². The van der Waals surface area contributed by atoms with Crippen molar-refractivity contribution < 1.29 is 8.42 Å². The molecule has 1 N–H and O–H groups in total. The van der Waals surface area contributed by atoms with Crippen molar-refractivity contribution in [2.45, 2.75) is 11.8 Å². The molecule has 1 fully saturated rings. The molecule has 0 radical (unpaired) electrons. The first kappa shape index (κ1) is 20.6. The van der Waals surface area contributed by atoms with Crippen molar-refractivity contribution in [3.8, 4) is 0 Å². The molecular weight excluding hydrogens is 422 g/mol. The summed E-state index contributed by atoms with van der Waals surface area (Å²) in [5.74, 6) is 1.30. The van der Waals surface area contributed by atoms with Crippen LogP contribution in [0.3, 0.4) is 0 Å². The van der Waals surface area contributed by atoms with E-state index in [0.29, 0.717) is 43.0 Å². The number of hydrogen-bond acceptors (Lipinski definition) is 6. The van der Waals surface area contributed by atoms with Crippen LogP contribution in [-0.4, -0.2) is 48.9 Å². The maximum absolute atomic E-state index is 12.9. The molecule has 0 aliphatic carbocycles. The van der Waals surface area contributed by atoms with Gasteiger partial charge in [-0.1, -0.05) is 29.8 Å². The summed E-state index contributed by atoms with van der Waals surface area (Å²) in [6, 6.07) is 17.9. The monoisotopic (exact) mass is 443 g/mol. The van der Waals surface area contributed by atoms with Gasteiger partial charge in [-0.2, -0.15) is 9.29 Å². The topological polar surface area (TPSA) is 78.4 Å². The Kier molecular flexibility index (Phi) is 5.90. The van der Waals surface area contributed by atoms with Crippen LogP contribution in [0.5, 0.6) is 0 Å². The lowest BCUT2D eigenvalue weighted by molar-refractivity contribution is 0.382. The number of nitrogens with zero attached hydrogens (tertiary/aromatic N) is 4. The molecule has 156 valence electrons. The van der Waals surface area contributed by atoms with Crippen molar-refractivity contribution >= 4 is 39.1 Å². The molecule has 7 nitrogen and oxygen atoms in total. The molecule has 1 saturated heterocycles. The number of benzene rings is 2. The minimum atomic E-state index is -3.55. The van der Waals surface area contributed by atoms with Crippen LogP contribution in [-0.2, 0) is 10.0 Å². The van der Waals surface area contributed by atoms with Gasteiger partial charge in [0, 0.05) is 48.6 Å². The minimum absolute atomic E-state index is 0.251. The second-order valence-electron chi connectivity index (χ2n) is 7.03. The smallest absolute Gasteiger partial charge is 0.243 e. The maximum Gasteiger partial charge on any atom is 0.243 e. The summed E-state index contributed by atoms with van der Waals surface area (Å²) < 4.78 is 27.2. The van der Waals surface area contributed by atoms with Crippen molar-refractivity contribution in [1.29, 1.82) is 0 Å². The maximum atomic E-state index is 12.9. The van der Waals surface area contributed by atoms with Crippen molar-refractivity contribution in [2.24, 2.45) is 0 Å². The van der Waals surface area contributed by atoms with Gasteiger partial charge in [0.05, 0.1) is 4.90 Å². The number of aryl methyl sites for hydroxylation is 1. The number of rotatable bonds is 5. The molecular formula is C21H22ClN5O2S. The zero-order chi connectivity index (χ0) is 21.1. The van der Waals surface area contributed by atoms with Gasteiger partial charge in [-0.3, -0.25) is 0 Å². The summed E-state index contributed by atoms with van der Waals surface area (Å²) in [7, 11) is -3.55. The lowest BCUT2D eigenvalue weighted by atomic mass is 10.3. The first-order valence-corrected chi connectivity index (χ1v) is 11.4. The van der Waals surface area contributed by atoms with Crippen LogP contribution in [0.25, 0.3) is 0 Å². The Labute approximate surface area is 181 Å². The standard InChI is InChI=1S/C21H22ClN5O2S/c1-16-15-20(24-18-5-3-2-4-6-18)25-21(23-16)26-11-13-27(14-12-26)30(28,29)19-9-7-17(22)8-10-19/h2-10,15H,11-14H2,1H3,(H,23,24,25). The van der Waals surface area contributed by atoms with Gasteiger partial charge in [0.15, 0.2) is 0 Å². The van der Waals surface area contributed by atoms with Crippen LogP contribution in [0.2, 0.25) is 5.02 Å². The average molecular weight is 444 g/mol. The highest BCUT2D eigenvalue weighted by Crippen LogP contribution is 2.23. The third-order valence-electron chi connectivity index (χ3n) is 4.86. The number of aromatic nitrogens is 2. The molecule has 9 heteroatoms. The highest BCUT2D eigenvalue weighted by Gasteiger charge is 2.29. The molecule has 0 saturated carbocycles. The van der Waals surface area contributed by atoms with Gasteiger partial charge in [-0.15, -0.1) is 0 Å². The van der Waals surface area contributed by atoms with Crippen molar-refractivity contribution in [3.05, 3.63) is 71.4 Å². The van der Waals surface area contributed by atoms with Gasteiger partial charge < -0.3 is 10.2 Å². The number of hydrogen-bond donors (Lipinski definition) is 1. The van der Waals surface area contributed by atoms with Crippen molar-refractivity contribution in [2.75, 3.05) is 36.4 Å². The third kappa shape index (κ3) is 4.56. The van der Waals surface area contributed by atoms with Gasteiger partial charge in [0.25, 0.3) is 0 Å². The van der Waals surface area contributed by atoms with E-state index in [-0.39, 0.29) is 4.90 Å². The molecule has 1 aliphatic rings. The lowest BCUT2D eigenvalue weighted by Crippen LogP contribution is -2.49. The number of sulfonamides is 1. The Hall–Kier alpha value is -2.68. The van der Waals surface area contributed by atoms with Crippen LogP contribution < -0.4 is 10.2 Å². The summed E-state index contributed by atoms with van der Waals surface area (Å²) in [5, 5.41) is 3.80. The normalized spacial score (nSPS) is 15.2. The molecule has 0 bridgehead atoms. The van der Waals surface area contributed by atoms with Gasteiger partial charge >= 0.3 is 0 Å². The van der Waals surface area contributed by atoms with E-state index in [0.717, 1.165) is 11.4 Å². The van der Waals surface area contributed by atoms with E-state index in [1.54, 1.807) is 12.1 Å². The molecule has 2 heterocycles. The summed E-state index contributed by atoms with van der Waals surface area (Å²) in [5.41, 5.74) is 1.79. The largest absolute Gasteiger partial charge is 0.340 e. The van der Waals surface area contributed by atoms with E-state index in [1.807, 2.05) is 48.2 Å². The lowest BCUT2D eigenvalue weighted by Gasteiger charge is -2.34. The van der Waals surface area contributed by atoms with E-state index in [9.17, 15) is 8.42 Å². The highest BCUT2D eigenvalue weighted by atomic mass is 35.5. The third-order valence-corrected chi connectivity index (χ3v) is 7.03. The molecule has 0 spiro atoms. The number of para-hydroxylation sites is 1. The van der Waals surface area contributed by atoms with Crippen LogP contribution in [0.4, 0.5) is 17.5 Å². The summed E-state index contributed by atoms with van der Waals surface area (Å²) in [6.07, 6.45) is 0. The van der Waals surface area contributed by atoms with E-state index < -0.39 is 10.0 Å². The van der Waals surface area contributed by atoms with Gasteiger partial charge in [-0.25, -0.2) is 13.4 Å². The van der Waals surface area contributed by atoms with Gasteiger partial charge in [-0.05, 0) is 43.3 Å². The predicted molar refractivity (Wildman–Crippen MR) is 119 cm³/mol. The Morgan fingerprint density at radius 2 is 1.60 bits per heavy atom. The van der Waals surface area contributed by atoms with Gasteiger partial charge in [0.2, 0.25) is 16.0 Å². The van der Waals surface area contributed by atoms with E-state index in [2.05, 4.69) is 15.3 Å². The molecule has 2 aromatic carbocycles. The Balaban J connectivity index is 1.47. The Bertz CT molecular complexity index is 1120. The van der Waals surface area contributed by atoms with E-state index in [1.165, 1.54) is 16.4 Å². The second-order valence-corrected chi connectivity index (χ2v) is 9.41. The average Bonchev–Trinajstić information content (AvgIpc) is 2.74. The fourth-order valence-corrected chi connectivity index (χ4v) is 4.86. The van der Waals surface area contributed by atoms with Crippen molar-refractivity contribution in [1.82, 2.24) is 14.3 Å². The molecule has 1 aromatic heterocycles. The molecule has 0 unspecified atom stereocenters.